The molecular weight excluding hydrogens is 312 g/mol. The molecule has 1 saturated carbocycles. The van der Waals surface area contributed by atoms with Crippen LogP contribution in [0.2, 0.25) is 0 Å². The summed E-state index contributed by atoms with van der Waals surface area (Å²) in [5, 5.41) is 5.90. The molecular formula is C21H28N2O2. The van der Waals surface area contributed by atoms with Crippen molar-refractivity contribution >= 4 is 17.4 Å². The van der Waals surface area contributed by atoms with E-state index in [0.29, 0.717) is 23.3 Å². The number of carbonyl (C=O) groups is 2. The van der Waals surface area contributed by atoms with Gasteiger partial charge in [-0.3, -0.25) is 9.59 Å². The summed E-state index contributed by atoms with van der Waals surface area (Å²) in [4.78, 5) is 25.7. The lowest BCUT2D eigenvalue weighted by Gasteiger charge is -2.42. The van der Waals surface area contributed by atoms with Crippen molar-refractivity contribution in [2.75, 3.05) is 6.54 Å². The van der Waals surface area contributed by atoms with E-state index in [4.69, 9.17) is 0 Å². The second-order valence-electron chi connectivity index (χ2n) is 8.04. The first-order chi connectivity index (χ1) is 11.8. The minimum atomic E-state index is -0.578. The molecule has 1 aromatic carbocycles. The third-order valence-electron chi connectivity index (χ3n) is 6.29. The lowest BCUT2D eigenvalue weighted by molar-refractivity contribution is -0.139. The van der Waals surface area contributed by atoms with Gasteiger partial charge in [-0.05, 0) is 38.0 Å². The van der Waals surface area contributed by atoms with Gasteiger partial charge in [0.1, 0.15) is 6.54 Å². The van der Waals surface area contributed by atoms with E-state index in [9.17, 15) is 9.59 Å². The predicted molar refractivity (Wildman–Crippen MR) is 99.4 cm³/mol. The number of benzene rings is 1. The standard InChI is InChI=1S/C21H28N2O2/c1-14-10-11-15(2)18(12-14)21(4)16(3)22-23(20(21)25)13-19(24)17-8-6-5-7-9-17/h5-9,14-15,18H,10-13H2,1-4H3/t14-,15+,18-,21-/m1/s1. The summed E-state index contributed by atoms with van der Waals surface area (Å²) in [6.45, 7) is 8.51. The molecule has 25 heavy (non-hydrogen) atoms. The van der Waals surface area contributed by atoms with E-state index in [2.05, 4.69) is 18.9 Å². The molecule has 3 rings (SSSR count). The monoisotopic (exact) mass is 340 g/mol. The molecule has 4 nitrogen and oxygen atoms in total. The van der Waals surface area contributed by atoms with E-state index in [1.54, 1.807) is 12.1 Å². The summed E-state index contributed by atoms with van der Waals surface area (Å²) in [7, 11) is 0. The third-order valence-corrected chi connectivity index (χ3v) is 6.29. The van der Waals surface area contributed by atoms with Gasteiger partial charge >= 0.3 is 0 Å². The van der Waals surface area contributed by atoms with E-state index in [-0.39, 0.29) is 18.2 Å². The van der Waals surface area contributed by atoms with Crippen LogP contribution >= 0.6 is 0 Å². The second-order valence-corrected chi connectivity index (χ2v) is 8.04. The number of amides is 1. The van der Waals surface area contributed by atoms with Crippen LogP contribution in [0.5, 0.6) is 0 Å². The van der Waals surface area contributed by atoms with Gasteiger partial charge in [-0.1, -0.05) is 57.0 Å². The van der Waals surface area contributed by atoms with E-state index >= 15 is 0 Å². The summed E-state index contributed by atoms with van der Waals surface area (Å²) < 4.78 is 0. The van der Waals surface area contributed by atoms with Crippen molar-refractivity contribution < 1.29 is 9.59 Å². The van der Waals surface area contributed by atoms with Gasteiger partial charge in [0.25, 0.3) is 5.91 Å². The largest absolute Gasteiger partial charge is 0.292 e. The normalized spacial score (nSPS) is 32.6. The van der Waals surface area contributed by atoms with E-state index < -0.39 is 5.41 Å². The van der Waals surface area contributed by atoms with Gasteiger partial charge in [-0.25, -0.2) is 5.01 Å². The van der Waals surface area contributed by atoms with Crippen molar-refractivity contribution in [2.45, 2.75) is 47.0 Å². The highest BCUT2D eigenvalue weighted by Crippen LogP contribution is 2.48. The molecule has 4 heteroatoms. The Morgan fingerprint density at radius 1 is 1.24 bits per heavy atom. The Labute approximate surface area is 150 Å². The summed E-state index contributed by atoms with van der Waals surface area (Å²) in [6.07, 6.45) is 3.44. The van der Waals surface area contributed by atoms with Crippen LogP contribution in [0.3, 0.4) is 0 Å². The molecule has 4 atom stereocenters. The molecule has 1 amide bonds. The Hall–Kier alpha value is -1.97. The highest BCUT2D eigenvalue weighted by molar-refractivity contribution is 6.12. The van der Waals surface area contributed by atoms with Crippen LogP contribution in [-0.4, -0.2) is 29.0 Å². The molecule has 1 fully saturated rings. The molecule has 1 aliphatic carbocycles. The Morgan fingerprint density at radius 3 is 2.60 bits per heavy atom. The average Bonchev–Trinajstić information content (AvgIpc) is 2.82. The fraction of sp³-hybridized carbons (Fsp3) is 0.571. The zero-order valence-corrected chi connectivity index (χ0v) is 15.7. The molecule has 0 radical (unpaired) electrons. The van der Waals surface area contributed by atoms with Gasteiger partial charge < -0.3 is 0 Å². The number of ketones is 1. The van der Waals surface area contributed by atoms with Crippen LogP contribution in [-0.2, 0) is 4.79 Å². The highest BCUT2D eigenvalue weighted by Gasteiger charge is 2.53. The first-order valence-electron chi connectivity index (χ1n) is 9.30. The van der Waals surface area contributed by atoms with Crippen molar-refractivity contribution in [2.24, 2.45) is 28.3 Å². The third kappa shape index (κ3) is 3.14. The fourth-order valence-electron chi connectivity index (χ4n) is 4.48. The van der Waals surface area contributed by atoms with E-state index in [0.717, 1.165) is 18.6 Å². The molecule has 2 aliphatic rings. The van der Waals surface area contributed by atoms with Crippen molar-refractivity contribution in [1.82, 2.24) is 5.01 Å². The van der Waals surface area contributed by atoms with E-state index in [1.165, 1.54) is 11.4 Å². The molecule has 0 aromatic heterocycles. The zero-order chi connectivity index (χ0) is 18.2. The number of hydrazone groups is 1. The van der Waals surface area contributed by atoms with Gasteiger partial charge in [-0.15, -0.1) is 0 Å². The minimum absolute atomic E-state index is 0.0137. The molecule has 0 N–H and O–H groups in total. The van der Waals surface area contributed by atoms with Crippen molar-refractivity contribution in [1.29, 1.82) is 0 Å². The van der Waals surface area contributed by atoms with Crippen molar-refractivity contribution in [3.63, 3.8) is 0 Å². The Balaban J connectivity index is 1.80. The summed E-state index contributed by atoms with van der Waals surface area (Å²) in [5.41, 5.74) is 0.895. The van der Waals surface area contributed by atoms with Gasteiger partial charge in [0, 0.05) is 5.56 Å². The number of carbonyl (C=O) groups excluding carboxylic acids is 2. The fourth-order valence-corrected chi connectivity index (χ4v) is 4.48. The van der Waals surface area contributed by atoms with Gasteiger partial charge in [0.2, 0.25) is 0 Å². The van der Waals surface area contributed by atoms with E-state index in [1.807, 2.05) is 32.0 Å². The summed E-state index contributed by atoms with van der Waals surface area (Å²) in [5.74, 6) is 1.35. The van der Waals surface area contributed by atoms with Crippen LogP contribution in [0.4, 0.5) is 0 Å². The number of hydrogen-bond donors (Lipinski definition) is 0. The Kier molecular flexibility index (Phi) is 4.81. The molecule has 1 heterocycles. The molecule has 0 bridgehead atoms. The zero-order valence-electron chi connectivity index (χ0n) is 15.7. The van der Waals surface area contributed by atoms with Gasteiger partial charge in [0.05, 0.1) is 11.1 Å². The molecule has 0 unspecified atom stereocenters. The number of rotatable bonds is 4. The number of nitrogens with zero attached hydrogens (tertiary/aromatic N) is 2. The van der Waals surface area contributed by atoms with Crippen molar-refractivity contribution in [3.8, 4) is 0 Å². The Morgan fingerprint density at radius 2 is 1.92 bits per heavy atom. The maximum atomic E-state index is 13.2. The minimum Gasteiger partial charge on any atom is -0.292 e. The molecule has 1 aliphatic heterocycles. The average molecular weight is 340 g/mol. The lowest BCUT2D eigenvalue weighted by atomic mass is 9.61. The maximum Gasteiger partial charge on any atom is 0.255 e. The van der Waals surface area contributed by atoms with Crippen LogP contribution in [0.1, 0.15) is 57.3 Å². The highest BCUT2D eigenvalue weighted by atomic mass is 16.2. The molecule has 0 saturated heterocycles. The molecule has 134 valence electrons. The SMILES string of the molecule is CC1=NN(CC(=O)c2ccccc2)C(=O)[C@@]1(C)[C@@H]1C[C@H](C)CC[C@@H]1C. The van der Waals surface area contributed by atoms with Gasteiger partial charge in [0.15, 0.2) is 5.78 Å². The van der Waals surface area contributed by atoms with Crippen LogP contribution in [0, 0.1) is 23.2 Å². The topological polar surface area (TPSA) is 49.7 Å². The number of Topliss-reactive ketones (excluding diaryl/α,β-unsaturated/α-hetero) is 1. The quantitative estimate of drug-likeness (QED) is 0.773. The van der Waals surface area contributed by atoms with Crippen LogP contribution in [0.25, 0.3) is 0 Å². The second kappa shape index (κ2) is 6.74. The van der Waals surface area contributed by atoms with Crippen molar-refractivity contribution in [3.05, 3.63) is 35.9 Å². The Bertz CT molecular complexity index is 697. The van der Waals surface area contributed by atoms with Crippen LogP contribution in [0.15, 0.2) is 35.4 Å². The lowest BCUT2D eigenvalue weighted by Crippen LogP contribution is -2.47. The summed E-state index contributed by atoms with van der Waals surface area (Å²) in [6, 6.07) is 9.11. The maximum absolute atomic E-state index is 13.2. The molecule has 1 aromatic rings. The first kappa shape index (κ1) is 17.8. The first-order valence-corrected chi connectivity index (χ1v) is 9.30. The molecule has 0 spiro atoms. The van der Waals surface area contributed by atoms with Crippen LogP contribution < -0.4 is 0 Å². The summed E-state index contributed by atoms with van der Waals surface area (Å²) >= 11 is 0. The van der Waals surface area contributed by atoms with Gasteiger partial charge in [-0.2, -0.15) is 5.10 Å². The predicted octanol–water partition coefficient (Wildman–Crippen LogP) is 4.17. The number of hydrogen-bond acceptors (Lipinski definition) is 3. The smallest absolute Gasteiger partial charge is 0.255 e.